The van der Waals surface area contributed by atoms with Crippen molar-refractivity contribution in [2.45, 2.75) is 44.4 Å². The molecule has 18 heavy (non-hydrogen) atoms. The second kappa shape index (κ2) is 7.36. The molecule has 0 aromatic rings. The van der Waals surface area contributed by atoms with E-state index in [1.165, 1.54) is 6.42 Å². The summed E-state index contributed by atoms with van der Waals surface area (Å²) in [5, 5.41) is 12.5. The average Bonchev–Trinajstić information content (AvgIpc) is 2.77. The van der Waals surface area contributed by atoms with Crippen LogP contribution >= 0.6 is 11.8 Å². The van der Waals surface area contributed by atoms with E-state index in [0.717, 1.165) is 19.5 Å². The van der Waals surface area contributed by atoms with Gasteiger partial charge in [0.05, 0.1) is 12.4 Å². The average molecular weight is 274 g/mol. The zero-order chi connectivity index (χ0) is 13.6. The second-order valence-electron chi connectivity index (χ2n) is 5.76. The van der Waals surface area contributed by atoms with Gasteiger partial charge in [0.1, 0.15) is 0 Å². The molecule has 1 aliphatic heterocycles. The van der Waals surface area contributed by atoms with Gasteiger partial charge in [-0.25, -0.2) is 0 Å². The Bertz CT molecular complexity index is 260. The molecular weight excluding hydrogens is 248 g/mol. The van der Waals surface area contributed by atoms with E-state index < -0.39 is 0 Å². The fourth-order valence-corrected chi connectivity index (χ4v) is 2.73. The van der Waals surface area contributed by atoms with E-state index in [0.29, 0.717) is 18.3 Å². The summed E-state index contributed by atoms with van der Waals surface area (Å²) in [6, 6.07) is 0.403. The first kappa shape index (κ1) is 15.8. The molecule has 0 bridgehead atoms. The summed E-state index contributed by atoms with van der Waals surface area (Å²) < 4.78 is 0.103. The highest BCUT2D eigenvalue weighted by molar-refractivity contribution is 8.01. The van der Waals surface area contributed by atoms with Crippen molar-refractivity contribution < 1.29 is 9.90 Å². The molecule has 106 valence electrons. The molecule has 1 aliphatic rings. The van der Waals surface area contributed by atoms with Gasteiger partial charge in [-0.15, -0.1) is 11.8 Å². The minimum Gasteiger partial charge on any atom is -0.395 e. The fourth-order valence-electron chi connectivity index (χ4n) is 1.99. The molecule has 0 spiro atoms. The molecule has 1 fully saturated rings. The van der Waals surface area contributed by atoms with Crippen LogP contribution in [0, 0.1) is 0 Å². The first-order chi connectivity index (χ1) is 8.42. The Morgan fingerprint density at radius 3 is 2.72 bits per heavy atom. The zero-order valence-corrected chi connectivity index (χ0v) is 12.6. The molecule has 2 N–H and O–H groups in total. The number of aliphatic hydroxyl groups is 1. The molecule has 4 nitrogen and oxygen atoms in total. The highest BCUT2D eigenvalue weighted by Crippen LogP contribution is 2.23. The van der Waals surface area contributed by atoms with Gasteiger partial charge in [0.15, 0.2) is 0 Å². The van der Waals surface area contributed by atoms with Gasteiger partial charge in [0.25, 0.3) is 0 Å². The molecule has 1 unspecified atom stereocenters. The standard InChI is InChI=1S/C13H26N2O2S/c1-13(2,3)18-10-12(17)15(7-8-16)9-11-5-4-6-14-11/h11,14,16H,4-10H2,1-3H3. The van der Waals surface area contributed by atoms with Gasteiger partial charge in [0.2, 0.25) is 5.91 Å². The lowest BCUT2D eigenvalue weighted by molar-refractivity contribution is -0.129. The van der Waals surface area contributed by atoms with E-state index in [1.807, 2.05) is 0 Å². The highest BCUT2D eigenvalue weighted by Gasteiger charge is 2.22. The van der Waals surface area contributed by atoms with Crippen LogP contribution in [0.5, 0.6) is 0 Å². The molecule has 5 heteroatoms. The number of hydrogen-bond donors (Lipinski definition) is 2. The Morgan fingerprint density at radius 2 is 2.22 bits per heavy atom. The van der Waals surface area contributed by atoms with Crippen molar-refractivity contribution in [2.75, 3.05) is 32.0 Å². The van der Waals surface area contributed by atoms with Crippen LogP contribution in [-0.4, -0.2) is 58.7 Å². The Labute approximate surface area is 115 Å². The number of amides is 1. The van der Waals surface area contributed by atoms with Crippen LogP contribution in [0.4, 0.5) is 0 Å². The van der Waals surface area contributed by atoms with Gasteiger partial charge >= 0.3 is 0 Å². The number of thioether (sulfide) groups is 1. The monoisotopic (exact) mass is 274 g/mol. The Balaban J connectivity index is 2.41. The topological polar surface area (TPSA) is 52.6 Å². The van der Waals surface area contributed by atoms with E-state index in [-0.39, 0.29) is 17.3 Å². The minimum absolute atomic E-state index is 0.0403. The summed E-state index contributed by atoms with van der Waals surface area (Å²) in [7, 11) is 0. The van der Waals surface area contributed by atoms with Crippen molar-refractivity contribution in [3.05, 3.63) is 0 Å². The molecule has 1 amide bonds. The van der Waals surface area contributed by atoms with Crippen LogP contribution in [0.3, 0.4) is 0 Å². The summed E-state index contributed by atoms with van der Waals surface area (Å²) in [5.74, 6) is 0.633. The molecule has 1 atom stereocenters. The number of nitrogens with one attached hydrogen (secondary N) is 1. The van der Waals surface area contributed by atoms with Crippen LogP contribution in [0.25, 0.3) is 0 Å². The van der Waals surface area contributed by atoms with Crippen molar-refractivity contribution in [2.24, 2.45) is 0 Å². The van der Waals surface area contributed by atoms with Crippen molar-refractivity contribution in [1.29, 1.82) is 0 Å². The number of aliphatic hydroxyl groups excluding tert-OH is 1. The van der Waals surface area contributed by atoms with E-state index in [4.69, 9.17) is 5.11 Å². The summed E-state index contributed by atoms with van der Waals surface area (Å²) in [6.07, 6.45) is 2.31. The van der Waals surface area contributed by atoms with Gasteiger partial charge in [0, 0.05) is 23.9 Å². The van der Waals surface area contributed by atoms with Crippen LogP contribution in [0.1, 0.15) is 33.6 Å². The number of nitrogens with zero attached hydrogens (tertiary/aromatic N) is 1. The van der Waals surface area contributed by atoms with Crippen LogP contribution < -0.4 is 5.32 Å². The number of carbonyl (C=O) groups excluding carboxylic acids is 1. The summed E-state index contributed by atoms with van der Waals surface area (Å²) in [5.41, 5.74) is 0. The molecule has 0 aliphatic carbocycles. The minimum atomic E-state index is 0.0403. The first-order valence-corrected chi connectivity index (χ1v) is 7.67. The maximum atomic E-state index is 12.1. The predicted molar refractivity (Wildman–Crippen MR) is 76.9 cm³/mol. The first-order valence-electron chi connectivity index (χ1n) is 6.68. The molecule has 0 radical (unpaired) electrons. The summed E-state index contributed by atoms with van der Waals surface area (Å²) >= 11 is 1.66. The molecule has 1 saturated heterocycles. The summed E-state index contributed by atoms with van der Waals surface area (Å²) in [4.78, 5) is 13.9. The lowest BCUT2D eigenvalue weighted by Crippen LogP contribution is -2.43. The van der Waals surface area contributed by atoms with Crippen molar-refractivity contribution in [3.63, 3.8) is 0 Å². The Kier molecular flexibility index (Phi) is 6.46. The maximum Gasteiger partial charge on any atom is 0.232 e. The zero-order valence-electron chi connectivity index (χ0n) is 11.7. The van der Waals surface area contributed by atoms with E-state index in [1.54, 1.807) is 16.7 Å². The van der Waals surface area contributed by atoms with Crippen molar-refractivity contribution in [1.82, 2.24) is 10.2 Å². The van der Waals surface area contributed by atoms with E-state index in [9.17, 15) is 4.79 Å². The second-order valence-corrected chi connectivity index (χ2v) is 7.56. The largest absolute Gasteiger partial charge is 0.395 e. The van der Waals surface area contributed by atoms with Crippen LogP contribution in [0.2, 0.25) is 0 Å². The number of carbonyl (C=O) groups is 1. The summed E-state index contributed by atoms with van der Waals surface area (Å²) in [6.45, 7) is 8.59. The van der Waals surface area contributed by atoms with Gasteiger partial charge in [-0.3, -0.25) is 4.79 Å². The molecular formula is C13H26N2O2S. The Morgan fingerprint density at radius 1 is 1.50 bits per heavy atom. The van der Waals surface area contributed by atoms with Gasteiger partial charge in [-0.05, 0) is 19.4 Å². The molecule has 1 rings (SSSR count). The number of hydrogen-bond acceptors (Lipinski definition) is 4. The molecule has 0 aromatic carbocycles. The highest BCUT2D eigenvalue weighted by atomic mass is 32.2. The lowest BCUT2D eigenvalue weighted by Gasteiger charge is -2.26. The third-order valence-corrected chi connectivity index (χ3v) is 4.21. The normalized spacial score (nSPS) is 20.1. The maximum absolute atomic E-state index is 12.1. The van der Waals surface area contributed by atoms with Gasteiger partial charge in [-0.2, -0.15) is 0 Å². The van der Waals surface area contributed by atoms with Crippen LogP contribution in [0.15, 0.2) is 0 Å². The third kappa shape index (κ3) is 6.07. The van der Waals surface area contributed by atoms with Crippen LogP contribution in [-0.2, 0) is 4.79 Å². The van der Waals surface area contributed by atoms with Crippen molar-refractivity contribution >= 4 is 17.7 Å². The van der Waals surface area contributed by atoms with Gasteiger partial charge in [-0.1, -0.05) is 20.8 Å². The van der Waals surface area contributed by atoms with E-state index >= 15 is 0 Å². The fraction of sp³-hybridized carbons (Fsp3) is 0.923. The van der Waals surface area contributed by atoms with Crippen molar-refractivity contribution in [3.8, 4) is 0 Å². The molecule has 1 heterocycles. The predicted octanol–water partition coefficient (Wildman–Crippen LogP) is 1.09. The molecule has 0 aromatic heterocycles. The quantitative estimate of drug-likeness (QED) is 0.761. The van der Waals surface area contributed by atoms with E-state index in [2.05, 4.69) is 26.1 Å². The third-order valence-electron chi connectivity index (χ3n) is 2.95. The van der Waals surface area contributed by atoms with Gasteiger partial charge < -0.3 is 15.3 Å². The smallest absolute Gasteiger partial charge is 0.232 e. The lowest BCUT2D eigenvalue weighted by atomic mass is 10.2. The Hall–Kier alpha value is -0.260. The number of rotatable bonds is 6. The molecule has 0 saturated carbocycles. The SMILES string of the molecule is CC(C)(C)SCC(=O)N(CCO)CC1CCCN1.